The summed E-state index contributed by atoms with van der Waals surface area (Å²) in [5.41, 5.74) is 3.50. The molecule has 1 saturated heterocycles. The van der Waals surface area contributed by atoms with Gasteiger partial charge in [-0.15, -0.1) is 0 Å². The van der Waals surface area contributed by atoms with Gasteiger partial charge in [0, 0.05) is 25.7 Å². The Bertz CT molecular complexity index is 1050. The summed E-state index contributed by atoms with van der Waals surface area (Å²) < 4.78 is 0. The number of rotatable bonds is 7. The molecule has 1 aromatic carbocycles. The molecule has 1 amide bonds. The lowest BCUT2D eigenvalue weighted by atomic mass is 9.48. The van der Waals surface area contributed by atoms with Gasteiger partial charge in [0.25, 0.3) is 0 Å². The Morgan fingerprint density at radius 1 is 1.12 bits per heavy atom. The summed E-state index contributed by atoms with van der Waals surface area (Å²) in [4.78, 5) is 22.9. The summed E-state index contributed by atoms with van der Waals surface area (Å²) in [6, 6.07) is 10.1. The molecule has 6 heteroatoms. The number of nitrogens with one attached hydrogen (secondary N) is 2. The molecule has 4 saturated carbocycles. The van der Waals surface area contributed by atoms with Gasteiger partial charge in [-0.05, 0) is 92.2 Å². The fourth-order valence-electron chi connectivity index (χ4n) is 8.03. The van der Waals surface area contributed by atoms with E-state index in [2.05, 4.69) is 21.3 Å². The van der Waals surface area contributed by atoms with Gasteiger partial charge in [0.15, 0.2) is 0 Å². The van der Waals surface area contributed by atoms with Crippen molar-refractivity contribution in [2.75, 3.05) is 19.6 Å². The number of H-pyrrole nitrogens is 1. The minimum atomic E-state index is 0.128. The summed E-state index contributed by atoms with van der Waals surface area (Å²) in [5, 5.41) is 12.0. The highest BCUT2D eigenvalue weighted by Gasteiger charge is 2.50. The second-order valence-corrected chi connectivity index (χ2v) is 11.6. The summed E-state index contributed by atoms with van der Waals surface area (Å²) in [6.07, 6.45) is 13.8. The van der Waals surface area contributed by atoms with Crippen LogP contribution in [0.2, 0.25) is 0 Å². The lowest BCUT2D eigenvalue weighted by Gasteiger charge is -2.57. The maximum atomic E-state index is 12.2. The zero-order chi connectivity index (χ0) is 23.1. The fourth-order valence-corrected chi connectivity index (χ4v) is 8.03. The summed E-state index contributed by atoms with van der Waals surface area (Å²) in [6.45, 7) is 2.08. The van der Waals surface area contributed by atoms with Crippen molar-refractivity contribution in [1.29, 1.82) is 5.26 Å². The van der Waals surface area contributed by atoms with Crippen LogP contribution in [0.1, 0.15) is 80.1 Å². The fraction of sp³-hybridized carbons (Fsp3) is 0.607. The molecule has 2 aromatic rings. The lowest BCUT2D eigenvalue weighted by molar-refractivity contribution is -0.125. The second kappa shape index (κ2) is 8.85. The first kappa shape index (κ1) is 21.9. The Kier molecular flexibility index (Phi) is 5.69. The number of hydrogen-bond donors (Lipinski definition) is 2. The molecule has 2 N–H and O–H groups in total. The Morgan fingerprint density at radius 3 is 2.47 bits per heavy atom. The van der Waals surface area contributed by atoms with E-state index in [1.165, 1.54) is 44.9 Å². The predicted octanol–water partition coefficient (Wildman–Crippen LogP) is 4.34. The van der Waals surface area contributed by atoms with Gasteiger partial charge in [-0.1, -0.05) is 12.1 Å². The molecule has 0 radical (unpaired) electrons. The number of amides is 1. The number of aromatic nitrogens is 2. The highest BCUT2D eigenvalue weighted by atomic mass is 16.2. The summed E-state index contributed by atoms with van der Waals surface area (Å²) in [7, 11) is 0. The molecular weight excluding hydrogens is 422 g/mol. The zero-order valence-electron chi connectivity index (χ0n) is 19.9. The number of carbonyl (C=O) groups excluding carboxylic acids is 1. The molecule has 2 heterocycles. The molecule has 1 aromatic heterocycles. The SMILES string of the molecule is N#Cc1ccc(Cc2ncc(C(CCC34CC5CC(CC(C5)C3)C4)N3CCNC(=O)C3)[nH]2)cc1. The van der Waals surface area contributed by atoms with Crippen molar-refractivity contribution in [1.82, 2.24) is 20.2 Å². The van der Waals surface area contributed by atoms with Crippen LogP contribution in [-0.2, 0) is 11.2 Å². The quantitative estimate of drug-likeness (QED) is 0.648. The molecule has 178 valence electrons. The van der Waals surface area contributed by atoms with E-state index in [1.54, 1.807) is 0 Å². The molecule has 4 aliphatic carbocycles. The number of carbonyl (C=O) groups is 1. The Hall–Kier alpha value is -2.65. The summed E-state index contributed by atoms with van der Waals surface area (Å²) >= 11 is 0. The molecule has 34 heavy (non-hydrogen) atoms. The Balaban J connectivity index is 1.19. The third kappa shape index (κ3) is 4.38. The molecular formula is C28H35N5O. The maximum Gasteiger partial charge on any atom is 0.234 e. The van der Waals surface area contributed by atoms with Crippen molar-refractivity contribution in [2.24, 2.45) is 23.2 Å². The van der Waals surface area contributed by atoms with Gasteiger partial charge >= 0.3 is 0 Å². The average Bonchev–Trinajstić information content (AvgIpc) is 3.27. The minimum absolute atomic E-state index is 0.128. The van der Waals surface area contributed by atoms with Crippen LogP contribution in [0.4, 0.5) is 0 Å². The van der Waals surface area contributed by atoms with Crippen LogP contribution in [0.15, 0.2) is 30.5 Å². The van der Waals surface area contributed by atoms with Gasteiger partial charge < -0.3 is 10.3 Å². The molecule has 6 nitrogen and oxygen atoms in total. The zero-order valence-corrected chi connectivity index (χ0v) is 19.9. The van der Waals surface area contributed by atoms with E-state index in [1.807, 2.05) is 30.5 Å². The molecule has 1 aliphatic heterocycles. The van der Waals surface area contributed by atoms with E-state index in [0.29, 0.717) is 23.9 Å². The number of nitriles is 1. The van der Waals surface area contributed by atoms with Gasteiger partial charge in [0.05, 0.1) is 29.9 Å². The Morgan fingerprint density at radius 2 is 1.82 bits per heavy atom. The molecule has 4 bridgehead atoms. The van der Waals surface area contributed by atoms with E-state index in [0.717, 1.165) is 54.3 Å². The summed E-state index contributed by atoms with van der Waals surface area (Å²) in [5.74, 6) is 3.98. The van der Waals surface area contributed by atoms with E-state index < -0.39 is 0 Å². The van der Waals surface area contributed by atoms with Crippen LogP contribution in [0.5, 0.6) is 0 Å². The van der Waals surface area contributed by atoms with Crippen molar-refractivity contribution in [2.45, 2.75) is 63.8 Å². The number of benzene rings is 1. The molecule has 0 spiro atoms. The third-order valence-corrected chi connectivity index (χ3v) is 9.08. The largest absolute Gasteiger partial charge is 0.354 e. The predicted molar refractivity (Wildman–Crippen MR) is 130 cm³/mol. The standard InChI is InChI=1S/C28H35N5O/c29-16-20-3-1-19(2-4-20)12-26-31-17-24(32-26)25(33-8-7-30-27(34)18-33)5-6-28-13-21-9-22(14-28)11-23(10-21)15-28/h1-4,17,21-23,25H,5-15,18H2,(H,30,34)(H,31,32). The van der Waals surface area contributed by atoms with Gasteiger partial charge in [-0.3, -0.25) is 9.69 Å². The van der Waals surface area contributed by atoms with Gasteiger partial charge in [0.2, 0.25) is 5.91 Å². The minimum Gasteiger partial charge on any atom is -0.354 e. The van der Waals surface area contributed by atoms with E-state index >= 15 is 0 Å². The van der Waals surface area contributed by atoms with Crippen LogP contribution in [0, 0.1) is 34.5 Å². The van der Waals surface area contributed by atoms with Crippen LogP contribution in [-0.4, -0.2) is 40.4 Å². The van der Waals surface area contributed by atoms with Gasteiger partial charge in [-0.25, -0.2) is 4.98 Å². The van der Waals surface area contributed by atoms with Gasteiger partial charge in [-0.2, -0.15) is 5.26 Å². The third-order valence-electron chi connectivity index (χ3n) is 9.08. The second-order valence-electron chi connectivity index (χ2n) is 11.6. The highest BCUT2D eigenvalue weighted by molar-refractivity contribution is 5.78. The number of hydrogen-bond acceptors (Lipinski definition) is 4. The number of piperazine rings is 1. The highest BCUT2D eigenvalue weighted by Crippen LogP contribution is 2.62. The molecule has 1 atom stereocenters. The van der Waals surface area contributed by atoms with Crippen LogP contribution < -0.4 is 5.32 Å². The molecule has 5 fully saturated rings. The van der Waals surface area contributed by atoms with Crippen molar-refractivity contribution < 1.29 is 4.79 Å². The van der Waals surface area contributed by atoms with Crippen molar-refractivity contribution >= 4 is 5.91 Å². The Labute approximate surface area is 202 Å². The van der Waals surface area contributed by atoms with Gasteiger partial charge in [0.1, 0.15) is 5.82 Å². The van der Waals surface area contributed by atoms with E-state index in [-0.39, 0.29) is 11.9 Å². The number of imidazole rings is 1. The van der Waals surface area contributed by atoms with Crippen molar-refractivity contribution in [3.63, 3.8) is 0 Å². The van der Waals surface area contributed by atoms with Crippen LogP contribution in [0.3, 0.4) is 0 Å². The van der Waals surface area contributed by atoms with E-state index in [4.69, 9.17) is 10.2 Å². The molecule has 5 aliphatic rings. The van der Waals surface area contributed by atoms with Crippen molar-refractivity contribution in [3.8, 4) is 6.07 Å². The van der Waals surface area contributed by atoms with E-state index in [9.17, 15) is 4.79 Å². The first-order chi connectivity index (χ1) is 16.6. The van der Waals surface area contributed by atoms with Crippen molar-refractivity contribution in [3.05, 3.63) is 53.1 Å². The normalized spacial score (nSPS) is 31.3. The average molecular weight is 458 g/mol. The first-order valence-electron chi connectivity index (χ1n) is 13.1. The van der Waals surface area contributed by atoms with Crippen LogP contribution in [0.25, 0.3) is 0 Å². The van der Waals surface area contributed by atoms with Crippen LogP contribution >= 0.6 is 0 Å². The number of aromatic amines is 1. The topological polar surface area (TPSA) is 84.8 Å². The lowest BCUT2D eigenvalue weighted by Crippen LogP contribution is -2.49. The molecule has 7 rings (SSSR count). The monoisotopic (exact) mass is 457 g/mol. The smallest absolute Gasteiger partial charge is 0.234 e. The first-order valence-corrected chi connectivity index (χ1v) is 13.1. The molecule has 1 unspecified atom stereocenters. The number of nitrogens with zero attached hydrogens (tertiary/aromatic N) is 3. The maximum absolute atomic E-state index is 12.2.